The molecule has 2 atom stereocenters. The van der Waals surface area contributed by atoms with Crippen LogP contribution in [0.3, 0.4) is 0 Å². The fourth-order valence-corrected chi connectivity index (χ4v) is 1.89. The molecule has 0 aliphatic carbocycles. The van der Waals surface area contributed by atoms with Crippen LogP contribution in [0.1, 0.15) is 41.0 Å². The SMILES string of the molecule is CCCCC(CC)CO[P+](=O)OCC(N)=NO.[H+]. The largest absolute Gasteiger partial charge is 1.00 e. The molecule has 0 aromatic heterocycles. The van der Waals surface area contributed by atoms with Crippen molar-refractivity contribution < 1.29 is 20.2 Å². The van der Waals surface area contributed by atoms with Crippen molar-refractivity contribution in [3.8, 4) is 0 Å². The molecule has 0 aromatic rings. The first-order chi connectivity index (χ1) is 8.13. The van der Waals surface area contributed by atoms with Gasteiger partial charge in [0, 0.05) is 4.57 Å². The molecular formula is C10H23N2O4P+2. The Morgan fingerprint density at radius 3 is 2.76 bits per heavy atom. The van der Waals surface area contributed by atoms with Crippen LogP contribution in [0.4, 0.5) is 0 Å². The molecule has 0 saturated carbocycles. The monoisotopic (exact) mass is 266 g/mol. The second kappa shape index (κ2) is 10.4. The zero-order valence-corrected chi connectivity index (χ0v) is 11.4. The van der Waals surface area contributed by atoms with Gasteiger partial charge in [0.1, 0.15) is 6.61 Å². The molecule has 3 N–H and O–H groups in total. The Hall–Kier alpha value is -0.710. The first kappa shape index (κ1) is 16.3. The molecule has 0 rings (SSSR count). The third kappa shape index (κ3) is 9.03. The highest BCUT2D eigenvalue weighted by Gasteiger charge is 2.23. The average Bonchev–Trinajstić information content (AvgIpc) is 2.36. The summed E-state index contributed by atoms with van der Waals surface area (Å²) in [5.41, 5.74) is 5.16. The molecule has 0 heterocycles. The van der Waals surface area contributed by atoms with Crippen LogP contribution >= 0.6 is 8.25 Å². The third-order valence-corrected chi connectivity index (χ3v) is 3.11. The van der Waals surface area contributed by atoms with Crippen molar-refractivity contribution in [3.63, 3.8) is 0 Å². The van der Waals surface area contributed by atoms with E-state index in [1.165, 1.54) is 0 Å². The van der Waals surface area contributed by atoms with Gasteiger partial charge in [0.15, 0.2) is 12.4 Å². The Kier molecular flexibility index (Phi) is 10.0. The van der Waals surface area contributed by atoms with Crippen LogP contribution in [0.15, 0.2) is 5.16 Å². The Labute approximate surface area is 105 Å². The summed E-state index contributed by atoms with van der Waals surface area (Å²) < 4.78 is 21.1. The second-order valence-corrected chi connectivity index (χ2v) is 4.76. The highest BCUT2D eigenvalue weighted by atomic mass is 31.1. The van der Waals surface area contributed by atoms with Gasteiger partial charge in [-0.25, -0.2) is 0 Å². The van der Waals surface area contributed by atoms with E-state index >= 15 is 0 Å². The maximum atomic E-state index is 11.3. The number of rotatable bonds is 10. The molecule has 2 unspecified atom stereocenters. The number of nitrogens with zero attached hydrogens (tertiary/aromatic N) is 1. The molecule has 100 valence electrons. The molecule has 0 spiro atoms. The lowest BCUT2D eigenvalue weighted by atomic mass is 10.0. The molecule has 0 bridgehead atoms. The molecule has 17 heavy (non-hydrogen) atoms. The zero-order valence-electron chi connectivity index (χ0n) is 11.5. The van der Waals surface area contributed by atoms with E-state index in [1.807, 2.05) is 0 Å². The van der Waals surface area contributed by atoms with Crippen molar-refractivity contribution in [1.29, 1.82) is 0 Å². The Bertz CT molecular complexity index is 254. The molecule has 0 aliphatic heterocycles. The number of hydrogen-bond acceptors (Lipinski definition) is 5. The Morgan fingerprint density at radius 2 is 2.24 bits per heavy atom. The Balaban J connectivity index is 0. The summed E-state index contributed by atoms with van der Waals surface area (Å²) in [6, 6.07) is 0. The number of hydrogen-bond donors (Lipinski definition) is 2. The predicted molar refractivity (Wildman–Crippen MR) is 67.3 cm³/mol. The second-order valence-electron chi connectivity index (χ2n) is 3.80. The lowest BCUT2D eigenvalue weighted by Crippen LogP contribution is -2.17. The quantitative estimate of drug-likeness (QED) is 0.208. The molecule has 0 saturated heterocycles. The van der Waals surface area contributed by atoms with Gasteiger partial charge in [-0.3, -0.25) is 0 Å². The van der Waals surface area contributed by atoms with Crippen LogP contribution in [-0.4, -0.2) is 24.3 Å². The van der Waals surface area contributed by atoms with Crippen LogP contribution in [0.5, 0.6) is 0 Å². The molecule has 6 nitrogen and oxygen atoms in total. The first-order valence-corrected chi connectivity index (χ1v) is 6.93. The van der Waals surface area contributed by atoms with E-state index in [0.717, 1.165) is 25.7 Å². The lowest BCUT2D eigenvalue weighted by Gasteiger charge is -2.09. The van der Waals surface area contributed by atoms with Crippen LogP contribution in [-0.2, 0) is 13.6 Å². The maximum Gasteiger partial charge on any atom is 1.00 e. The van der Waals surface area contributed by atoms with Gasteiger partial charge in [-0.2, -0.15) is 0 Å². The summed E-state index contributed by atoms with van der Waals surface area (Å²) in [7, 11) is -2.19. The topological polar surface area (TPSA) is 94.1 Å². The maximum absolute atomic E-state index is 11.3. The van der Waals surface area contributed by atoms with E-state index in [0.29, 0.717) is 12.5 Å². The average molecular weight is 266 g/mol. The van der Waals surface area contributed by atoms with Gasteiger partial charge >= 0.3 is 9.68 Å². The van der Waals surface area contributed by atoms with Crippen molar-refractivity contribution in [2.45, 2.75) is 39.5 Å². The van der Waals surface area contributed by atoms with Crippen LogP contribution in [0, 0.1) is 5.92 Å². The fraction of sp³-hybridized carbons (Fsp3) is 0.900. The van der Waals surface area contributed by atoms with E-state index < -0.39 is 8.25 Å². The minimum Gasteiger partial charge on any atom is -0.409 e. The normalized spacial score (nSPS) is 14.7. The minimum absolute atomic E-state index is 0. The first-order valence-electron chi connectivity index (χ1n) is 5.83. The molecular weight excluding hydrogens is 243 g/mol. The van der Waals surface area contributed by atoms with E-state index in [-0.39, 0.29) is 13.9 Å². The van der Waals surface area contributed by atoms with Crippen molar-refractivity contribution in [3.05, 3.63) is 0 Å². The van der Waals surface area contributed by atoms with E-state index in [1.54, 1.807) is 0 Å². The third-order valence-electron chi connectivity index (χ3n) is 2.41. The summed E-state index contributed by atoms with van der Waals surface area (Å²) in [4.78, 5) is 0. The molecule has 0 aliphatic rings. The predicted octanol–water partition coefficient (Wildman–Crippen LogP) is 2.75. The summed E-state index contributed by atoms with van der Waals surface area (Å²) >= 11 is 0. The number of unbranched alkanes of at least 4 members (excludes halogenated alkanes) is 1. The number of amidine groups is 1. The minimum atomic E-state index is -2.19. The smallest absolute Gasteiger partial charge is 0.409 e. The van der Waals surface area contributed by atoms with Gasteiger partial charge in [-0.05, 0) is 12.3 Å². The molecule has 0 radical (unpaired) electrons. The number of oxime groups is 1. The lowest BCUT2D eigenvalue weighted by molar-refractivity contribution is 0.198. The molecule has 0 amide bonds. The van der Waals surface area contributed by atoms with Crippen molar-refractivity contribution >= 4 is 14.1 Å². The van der Waals surface area contributed by atoms with Crippen molar-refractivity contribution in [2.75, 3.05) is 13.2 Å². The molecule has 0 aromatic carbocycles. The van der Waals surface area contributed by atoms with Crippen molar-refractivity contribution in [2.24, 2.45) is 16.8 Å². The van der Waals surface area contributed by atoms with Gasteiger partial charge in [-0.15, -0.1) is 9.05 Å². The number of nitrogens with two attached hydrogens (primary N) is 1. The highest BCUT2D eigenvalue weighted by molar-refractivity contribution is 7.33. The van der Waals surface area contributed by atoms with Gasteiger partial charge in [0.25, 0.3) is 0 Å². The van der Waals surface area contributed by atoms with Crippen LogP contribution in [0.2, 0.25) is 0 Å². The van der Waals surface area contributed by atoms with Crippen LogP contribution < -0.4 is 5.73 Å². The van der Waals surface area contributed by atoms with Gasteiger partial charge in [0.05, 0.1) is 0 Å². The van der Waals surface area contributed by atoms with E-state index in [4.69, 9.17) is 20.0 Å². The van der Waals surface area contributed by atoms with E-state index in [9.17, 15) is 4.57 Å². The summed E-state index contributed by atoms with van der Waals surface area (Å²) in [6.07, 6.45) is 4.34. The van der Waals surface area contributed by atoms with Crippen LogP contribution in [0.25, 0.3) is 0 Å². The van der Waals surface area contributed by atoms with Gasteiger partial charge in [0.2, 0.25) is 0 Å². The van der Waals surface area contributed by atoms with Gasteiger partial charge < -0.3 is 10.9 Å². The molecule has 0 fully saturated rings. The summed E-state index contributed by atoms with van der Waals surface area (Å²) in [5.74, 6) is 0.274. The van der Waals surface area contributed by atoms with Crippen molar-refractivity contribution in [1.82, 2.24) is 0 Å². The standard InChI is InChI=1S/C10H21N2O4P/c1-3-5-6-9(4-2)7-15-17(14)16-8-10(11)12-13/h9H,3-8H2,1-2H3,(H2-,11,12,13)/p+2. The highest BCUT2D eigenvalue weighted by Crippen LogP contribution is 2.26. The summed E-state index contributed by atoms with van der Waals surface area (Å²) in [5, 5.41) is 10.9. The Morgan fingerprint density at radius 1 is 1.53 bits per heavy atom. The van der Waals surface area contributed by atoms with E-state index in [2.05, 4.69) is 19.0 Å². The molecule has 7 heteroatoms. The summed E-state index contributed by atoms with van der Waals surface area (Å²) in [6.45, 7) is 4.43. The van der Waals surface area contributed by atoms with Gasteiger partial charge in [-0.1, -0.05) is 38.3 Å². The zero-order chi connectivity index (χ0) is 13.1. The fourth-order valence-electron chi connectivity index (χ4n) is 1.25.